The molecule has 1 saturated heterocycles. The first-order chi connectivity index (χ1) is 38.7. The molecule has 79 heavy (non-hydrogen) atoms. The van der Waals surface area contributed by atoms with Crippen LogP contribution in [0, 0.1) is 13.8 Å². The van der Waals surface area contributed by atoms with Gasteiger partial charge in [0.05, 0.1) is 63.6 Å². The largest absolute Gasteiger partial charge is 0.383 e. The van der Waals surface area contributed by atoms with Crippen LogP contribution in [0.1, 0.15) is 62.9 Å². The van der Waals surface area contributed by atoms with Crippen LogP contribution in [0.4, 0.5) is 11.4 Å². The number of imidazole rings is 2. The number of aromatic amines is 2. The molecule has 1 aromatic carbocycles. The highest BCUT2D eigenvalue weighted by Crippen LogP contribution is 2.44. The third-order valence-corrected chi connectivity index (χ3v) is 16.9. The van der Waals surface area contributed by atoms with Crippen molar-refractivity contribution in [3.05, 3.63) is 167 Å². The van der Waals surface area contributed by atoms with Gasteiger partial charge in [0.1, 0.15) is 22.4 Å². The van der Waals surface area contributed by atoms with Crippen molar-refractivity contribution in [3.63, 3.8) is 0 Å². The molecule has 0 unspecified atom stereocenters. The topological polar surface area (TPSA) is 197 Å². The Hall–Kier alpha value is -9.10. The van der Waals surface area contributed by atoms with Gasteiger partial charge in [-0.3, -0.25) is 34.3 Å². The lowest BCUT2D eigenvalue weighted by Crippen LogP contribution is -2.18. The average molecular weight is 1070 g/mol. The zero-order valence-electron chi connectivity index (χ0n) is 43.5. The number of likely N-dealkylation sites (tertiary alicyclic amines) is 1. The van der Waals surface area contributed by atoms with E-state index in [1.165, 1.54) is 23.3 Å². The molecule has 0 bridgehead atoms. The number of H-pyrrole nitrogens is 2. The van der Waals surface area contributed by atoms with Gasteiger partial charge in [0.15, 0.2) is 11.5 Å². The number of allylic oxidation sites excluding steroid dienone is 1. The molecule has 2 aliphatic rings. The third-order valence-electron chi connectivity index (χ3n) is 14.8. The molecule has 0 spiro atoms. The highest BCUT2D eigenvalue weighted by molar-refractivity contribution is 7.16. The molecule has 18 heteroatoms. The number of rotatable bonds is 11. The van der Waals surface area contributed by atoms with E-state index in [0.717, 1.165) is 138 Å². The number of nitrogens with one attached hydrogen (secondary N) is 4. The van der Waals surface area contributed by atoms with Crippen LogP contribution in [0.15, 0.2) is 135 Å². The van der Waals surface area contributed by atoms with Crippen LogP contribution in [0.5, 0.6) is 0 Å². The average Bonchev–Trinajstić information content (AvgIpc) is 4.55. The van der Waals surface area contributed by atoms with E-state index in [0.29, 0.717) is 39.5 Å². The Bertz CT molecular complexity index is 4370. The predicted molar refractivity (Wildman–Crippen MR) is 315 cm³/mol. The minimum absolute atomic E-state index is 0.235. The van der Waals surface area contributed by atoms with Crippen molar-refractivity contribution in [2.45, 2.75) is 46.1 Å². The summed E-state index contributed by atoms with van der Waals surface area (Å²) in [6, 6.07) is 26.0. The van der Waals surface area contributed by atoms with E-state index in [1.54, 1.807) is 53.4 Å². The number of carbonyl (C=O) groups excluding carboxylic acids is 1. The van der Waals surface area contributed by atoms with Crippen molar-refractivity contribution < 1.29 is 4.79 Å². The summed E-state index contributed by atoms with van der Waals surface area (Å²) in [5.74, 6) is 1.06. The molecule has 11 aromatic heterocycles. The van der Waals surface area contributed by atoms with Crippen LogP contribution in [0.3, 0.4) is 0 Å². The monoisotopic (exact) mass is 1070 g/mol. The Morgan fingerprint density at radius 3 is 2.19 bits per heavy atom. The lowest BCUT2D eigenvalue weighted by atomic mass is 10.0. The summed E-state index contributed by atoms with van der Waals surface area (Å²) >= 11 is 3.39. The van der Waals surface area contributed by atoms with Crippen molar-refractivity contribution in [2.75, 3.05) is 30.3 Å². The van der Waals surface area contributed by atoms with E-state index in [9.17, 15) is 4.79 Å². The van der Waals surface area contributed by atoms with Crippen LogP contribution in [-0.4, -0.2) is 90.1 Å². The van der Waals surface area contributed by atoms with E-state index in [4.69, 9.17) is 30.0 Å². The summed E-state index contributed by atoms with van der Waals surface area (Å²) < 4.78 is 1.89. The highest BCUT2D eigenvalue weighted by Gasteiger charge is 2.26. The Balaban J connectivity index is 0.868. The second kappa shape index (κ2) is 20.0. The molecular formula is C61H51N15OS2. The Morgan fingerprint density at radius 1 is 0.646 bits per heavy atom. The van der Waals surface area contributed by atoms with Gasteiger partial charge in [0.25, 0.3) is 5.91 Å². The molecule has 13 heterocycles. The van der Waals surface area contributed by atoms with Gasteiger partial charge in [0, 0.05) is 110 Å². The number of hydrogen-bond acceptors (Lipinski definition) is 14. The number of hydrogen-bond donors (Lipinski definition) is 4. The van der Waals surface area contributed by atoms with Crippen LogP contribution < -0.4 is 10.6 Å². The SMILES string of the molecule is Cc1ccc(-c2cncc3[nH]c(-c4nn(C)c5c(-c6cc(-c7cncc8[nH]c(/C9=C/CCCNc%10ccc(-c%11cncc(CN%12CCCC%12)c%11)nc%109)nc78)sc6C)cc(-c6cncc(NC(=O)c7ccccc7)c6)nc45)nc23)s1. The maximum Gasteiger partial charge on any atom is 0.255 e. The predicted octanol–water partition coefficient (Wildman–Crippen LogP) is 12.9. The van der Waals surface area contributed by atoms with Crippen LogP contribution in [0.25, 0.3) is 105 Å². The minimum Gasteiger partial charge on any atom is -0.383 e. The number of nitrogens with zero attached hydrogens (tertiary/aromatic N) is 11. The summed E-state index contributed by atoms with van der Waals surface area (Å²) in [6.07, 6.45) is 21.3. The maximum absolute atomic E-state index is 13.4. The zero-order valence-corrected chi connectivity index (χ0v) is 45.1. The summed E-state index contributed by atoms with van der Waals surface area (Å²) in [5, 5.41) is 11.9. The number of thiophene rings is 2. The summed E-state index contributed by atoms with van der Waals surface area (Å²) in [7, 11) is 1.94. The second-order valence-corrected chi connectivity index (χ2v) is 22.7. The maximum atomic E-state index is 13.4. The van der Waals surface area contributed by atoms with Gasteiger partial charge in [-0.1, -0.05) is 24.3 Å². The van der Waals surface area contributed by atoms with E-state index in [1.807, 2.05) is 67.0 Å². The number of aryl methyl sites for hydroxylation is 3. The second-order valence-electron chi connectivity index (χ2n) is 20.2. The van der Waals surface area contributed by atoms with Crippen molar-refractivity contribution in [3.8, 4) is 66.0 Å². The number of anilines is 2. The van der Waals surface area contributed by atoms with Crippen molar-refractivity contribution >= 4 is 78.6 Å². The molecule has 1 amide bonds. The lowest BCUT2D eigenvalue weighted by molar-refractivity contribution is 0.102. The van der Waals surface area contributed by atoms with Crippen LogP contribution in [-0.2, 0) is 13.6 Å². The number of aromatic nitrogens is 12. The van der Waals surface area contributed by atoms with E-state index >= 15 is 0 Å². The lowest BCUT2D eigenvalue weighted by Gasteiger charge is -2.18. The summed E-state index contributed by atoms with van der Waals surface area (Å²) in [5.41, 5.74) is 17.3. The molecule has 1 fully saturated rings. The molecule has 4 N–H and O–H groups in total. The van der Waals surface area contributed by atoms with Crippen LogP contribution in [0.2, 0.25) is 0 Å². The van der Waals surface area contributed by atoms with E-state index < -0.39 is 0 Å². The summed E-state index contributed by atoms with van der Waals surface area (Å²) in [6.45, 7) is 8.22. The van der Waals surface area contributed by atoms with Gasteiger partial charge >= 0.3 is 0 Å². The molecular weight excluding hydrogens is 1020 g/mol. The molecule has 0 atom stereocenters. The first kappa shape index (κ1) is 48.3. The number of carbonyl (C=O) groups is 1. The Kier molecular flexibility index (Phi) is 12.2. The van der Waals surface area contributed by atoms with Crippen molar-refractivity contribution in [1.82, 2.24) is 64.5 Å². The molecule has 388 valence electrons. The quantitative estimate of drug-likeness (QED) is 0.0958. The van der Waals surface area contributed by atoms with Crippen molar-refractivity contribution in [2.24, 2.45) is 7.05 Å². The first-order valence-electron chi connectivity index (χ1n) is 26.4. The fraction of sp³-hybridized carbons (Fsp3) is 0.180. The standard InChI is InChI=1S/C61H51N15OS2/c1-34-14-17-51(78-34)44-29-64-32-50-54(44)73-60(71-50)57-56-58(75(3)74-57)43(23-48(69-56)39-22-40(28-63-27-39)67-61(77)37-11-5-4-6-12-37)42-24-52(79-35(42)2)45-30-65-31-49-55(45)72-59(70-49)41-13-7-8-18-66-47-16-15-46(68-53(41)47)38-21-36(25-62-26-38)33-76-19-9-10-20-76/h4-6,11-17,21-32,66H,7-10,18-20,33H2,1-3H3,(H,67,77)(H,70,72)(H,71,73)/b41-13+. The highest BCUT2D eigenvalue weighted by atomic mass is 32.1. The molecule has 2 aliphatic heterocycles. The minimum atomic E-state index is -0.235. The van der Waals surface area contributed by atoms with Gasteiger partial charge in [-0.05, 0) is 124 Å². The van der Waals surface area contributed by atoms with Gasteiger partial charge in [-0.2, -0.15) is 5.10 Å². The molecule has 0 saturated carbocycles. The van der Waals surface area contributed by atoms with Gasteiger partial charge in [-0.25, -0.2) is 19.9 Å². The van der Waals surface area contributed by atoms with E-state index in [-0.39, 0.29) is 5.91 Å². The molecule has 12 aromatic rings. The number of amides is 1. The Labute approximate surface area is 461 Å². The smallest absolute Gasteiger partial charge is 0.255 e. The fourth-order valence-corrected chi connectivity index (χ4v) is 12.8. The van der Waals surface area contributed by atoms with Gasteiger partial charge in [0.2, 0.25) is 0 Å². The zero-order chi connectivity index (χ0) is 53.1. The fourth-order valence-electron chi connectivity index (χ4n) is 10.9. The van der Waals surface area contributed by atoms with Gasteiger partial charge in [-0.15, -0.1) is 22.7 Å². The first-order valence-corrected chi connectivity index (χ1v) is 28.1. The molecule has 0 radical (unpaired) electrons. The Morgan fingerprint density at radius 2 is 1.39 bits per heavy atom. The van der Waals surface area contributed by atoms with Crippen LogP contribution >= 0.6 is 22.7 Å². The summed E-state index contributed by atoms with van der Waals surface area (Å²) in [4.78, 5) is 67.4. The molecule has 14 rings (SSSR count). The third kappa shape index (κ3) is 9.12. The molecule has 0 aliphatic carbocycles. The number of benzene rings is 1. The molecule has 16 nitrogen and oxygen atoms in total. The number of fused-ring (bicyclic) bond motifs is 4. The van der Waals surface area contributed by atoms with Gasteiger partial charge < -0.3 is 20.6 Å². The van der Waals surface area contributed by atoms with E-state index in [2.05, 4.69) is 103 Å². The van der Waals surface area contributed by atoms with Crippen molar-refractivity contribution in [1.29, 1.82) is 0 Å². The normalized spacial score (nSPS) is 14.5. The number of pyridine rings is 6.